The van der Waals surface area contributed by atoms with Crippen molar-refractivity contribution < 1.29 is 0 Å². The van der Waals surface area contributed by atoms with Gasteiger partial charge in [-0.15, -0.1) is 11.3 Å². The van der Waals surface area contributed by atoms with Crippen LogP contribution in [0.25, 0.3) is 0 Å². The molecule has 1 aromatic heterocycles. The summed E-state index contributed by atoms with van der Waals surface area (Å²) in [7, 11) is 0. The van der Waals surface area contributed by atoms with Gasteiger partial charge >= 0.3 is 0 Å². The first kappa shape index (κ1) is 12.8. The molecular formula is C14H16BrNS. The summed E-state index contributed by atoms with van der Waals surface area (Å²) in [6.07, 6.45) is 0. The van der Waals surface area contributed by atoms with E-state index in [0.717, 1.165) is 3.79 Å². The summed E-state index contributed by atoms with van der Waals surface area (Å²) < 4.78 is 1.13. The van der Waals surface area contributed by atoms with E-state index in [1.165, 1.54) is 16.0 Å². The first-order valence-electron chi connectivity index (χ1n) is 5.68. The molecule has 0 saturated heterocycles. The van der Waals surface area contributed by atoms with Crippen LogP contribution in [0.1, 0.15) is 41.8 Å². The summed E-state index contributed by atoms with van der Waals surface area (Å²) in [5.74, 6) is 0.566. The molecule has 0 aliphatic heterocycles. The van der Waals surface area contributed by atoms with Crippen molar-refractivity contribution >= 4 is 27.3 Å². The number of benzene rings is 1. The van der Waals surface area contributed by atoms with Gasteiger partial charge in [0.25, 0.3) is 0 Å². The number of hydrogen-bond acceptors (Lipinski definition) is 2. The van der Waals surface area contributed by atoms with Crippen molar-refractivity contribution in [1.82, 2.24) is 0 Å². The third-order valence-electron chi connectivity index (χ3n) is 2.86. The Morgan fingerprint density at radius 3 is 2.06 bits per heavy atom. The highest BCUT2D eigenvalue weighted by atomic mass is 79.9. The minimum Gasteiger partial charge on any atom is -0.320 e. The molecule has 1 atom stereocenters. The van der Waals surface area contributed by atoms with Crippen molar-refractivity contribution in [3.63, 3.8) is 0 Å². The van der Waals surface area contributed by atoms with Crippen LogP contribution < -0.4 is 5.73 Å². The van der Waals surface area contributed by atoms with Crippen LogP contribution in [0.5, 0.6) is 0 Å². The molecule has 1 aromatic carbocycles. The Bertz CT molecular complexity index is 487. The third-order valence-corrected chi connectivity index (χ3v) is 4.57. The van der Waals surface area contributed by atoms with Gasteiger partial charge in [-0.25, -0.2) is 0 Å². The second kappa shape index (κ2) is 5.34. The first-order chi connectivity index (χ1) is 8.08. The van der Waals surface area contributed by atoms with E-state index >= 15 is 0 Å². The lowest BCUT2D eigenvalue weighted by molar-refractivity contribution is 0.854. The van der Waals surface area contributed by atoms with Gasteiger partial charge in [-0.2, -0.15) is 0 Å². The van der Waals surface area contributed by atoms with E-state index in [0.29, 0.717) is 5.92 Å². The molecule has 1 nitrogen and oxygen atoms in total. The van der Waals surface area contributed by atoms with Gasteiger partial charge in [-0.1, -0.05) is 38.1 Å². The van der Waals surface area contributed by atoms with Crippen molar-refractivity contribution in [2.45, 2.75) is 25.8 Å². The molecule has 0 aliphatic carbocycles. The fraction of sp³-hybridized carbons (Fsp3) is 0.286. The number of hydrogen-bond donors (Lipinski definition) is 1. The molecule has 0 bridgehead atoms. The van der Waals surface area contributed by atoms with Gasteiger partial charge in [0.2, 0.25) is 0 Å². The Balaban J connectivity index is 2.22. The maximum Gasteiger partial charge on any atom is 0.0702 e. The van der Waals surface area contributed by atoms with E-state index in [2.05, 4.69) is 60.1 Å². The van der Waals surface area contributed by atoms with E-state index in [1.807, 2.05) is 6.07 Å². The fourth-order valence-corrected chi connectivity index (χ4v) is 3.20. The number of nitrogens with two attached hydrogens (primary N) is 1. The molecule has 2 rings (SSSR count). The summed E-state index contributed by atoms with van der Waals surface area (Å²) in [6.45, 7) is 4.40. The maximum absolute atomic E-state index is 6.25. The summed E-state index contributed by atoms with van der Waals surface area (Å²) in [6, 6.07) is 12.7. The van der Waals surface area contributed by atoms with Gasteiger partial charge in [0.1, 0.15) is 0 Å². The Labute approximate surface area is 115 Å². The molecule has 1 unspecified atom stereocenters. The van der Waals surface area contributed by atoms with Gasteiger partial charge in [0.15, 0.2) is 0 Å². The molecule has 0 saturated carbocycles. The van der Waals surface area contributed by atoms with Crippen LogP contribution >= 0.6 is 27.3 Å². The second-order valence-electron chi connectivity index (χ2n) is 4.44. The topological polar surface area (TPSA) is 26.0 Å². The average Bonchev–Trinajstić information content (AvgIpc) is 2.75. The largest absolute Gasteiger partial charge is 0.320 e. The lowest BCUT2D eigenvalue weighted by Gasteiger charge is -2.12. The van der Waals surface area contributed by atoms with Crippen LogP contribution in [0.2, 0.25) is 0 Å². The second-order valence-corrected chi connectivity index (χ2v) is 6.94. The number of halogens is 1. The molecule has 2 aromatic rings. The summed E-state index contributed by atoms with van der Waals surface area (Å²) in [5.41, 5.74) is 8.77. The smallest absolute Gasteiger partial charge is 0.0702 e. The van der Waals surface area contributed by atoms with Crippen molar-refractivity contribution in [3.8, 4) is 0 Å². The van der Waals surface area contributed by atoms with Crippen LogP contribution in [0, 0.1) is 0 Å². The highest BCUT2D eigenvalue weighted by Crippen LogP contribution is 2.30. The first-order valence-corrected chi connectivity index (χ1v) is 7.29. The molecule has 1 heterocycles. The molecule has 90 valence electrons. The Morgan fingerprint density at radius 2 is 1.59 bits per heavy atom. The van der Waals surface area contributed by atoms with Crippen molar-refractivity contribution in [2.75, 3.05) is 0 Å². The highest BCUT2D eigenvalue weighted by molar-refractivity contribution is 9.11. The van der Waals surface area contributed by atoms with Crippen LogP contribution in [-0.2, 0) is 0 Å². The van der Waals surface area contributed by atoms with Gasteiger partial charge in [-0.05, 0) is 45.1 Å². The molecular weight excluding hydrogens is 294 g/mol. The third kappa shape index (κ3) is 2.97. The van der Waals surface area contributed by atoms with E-state index in [4.69, 9.17) is 5.73 Å². The molecule has 0 amide bonds. The monoisotopic (exact) mass is 309 g/mol. The zero-order chi connectivity index (χ0) is 12.4. The average molecular weight is 310 g/mol. The van der Waals surface area contributed by atoms with Crippen LogP contribution in [0.4, 0.5) is 0 Å². The van der Waals surface area contributed by atoms with E-state index in [9.17, 15) is 0 Å². The summed E-state index contributed by atoms with van der Waals surface area (Å²) in [4.78, 5) is 1.19. The van der Waals surface area contributed by atoms with Crippen LogP contribution in [0.15, 0.2) is 40.2 Å². The zero-order valence-electron chi connectivity index (χ0n) is 9.98. The molecule has 0 fully saturated rings. The molecule has 3 heteroatoms. The van der Waals surface area contributed by atoms with E-state index < -0.39 is 0 Å². The normalized spacial score (nSPS) is 13.0. The lowest BCUT2D eigenvalue weighted by Crippen LogP contribution is -2.10. The predicted octanol–water partition coefficient (Wildman–Crippen LogP) is 4.68. The van der Waals surface area contributed by atoms with Gasteiger partial charge in [0.05, 0.1) is 9.83 Å². The van der Waals surface area contributed by atoms with E-state index in [-0.39, 0.29) is 6.04 Å². The van der Waals surface area contributed by atoms with Crippen LogP contribution in [0.3, 0.4) is 0 Å². The predicted molar refractivity (Wildman–Crippen MR) is 78.6 cm³/mol. The summed E-state index contributed by atoms with van der Waals surface area (Å²) in [5, 5.41) is 0. The fourth-order valence-electron chi connectivity index (χ4n) is 1.75. The van der Waals surface area contributed by atoms with E-state index in [1.54, 1.807) is 11.3 Å². The molecule has 0 aliphatic rings. The van der Waals surface area contributed by atoms with Crippen LogP contribution in [-0.4, -0.2) is 0 Å². The molecule has 0 spiro atoms. The quantitative estimate of drug-likeness (QED) is 0.875. The van der Waals surface area contributed by atoms with Gasteiger partial charge < -0.3 is 5.73 Å². The molecule has 17 heavy (non-hydrogen) atoms. The van der Waals surface area contributed by atoms with Gasteiger partial charge in [0, 0.05) is 4.88 Å². The van der Waals surface area contributed by atoms with Crippen molar-refractivity contribution in [1.29, 1.82) is 0 Å². The zero-order valence-corrected chi connectivity index (χ0v) is 12.4. The Morgan fingerprint density at radius 1 is 1.00 bits per heavy atom. The minimum atomic E-state index is -0.0208. The Hall–Kier alpha value is -0.640. The molecule has 0 radical (unpaired) electrons. The summed E-state index contributed by atoms with van der Waals surface area (Å²) >= 11 is 5.16. The standard InChI is InChI=1S/C14H16BrNS/c1-9(2)10-3-5-11(6-4-10)14(16)12-7-8-13(15)17-12/h3-9,14H,16H2,1-2H3. The van der Waals surface area contributed by atoms with Crippen molar-refractivity contribution in [3.05, 3.63) is 56.2 Å². The number of rotatable bonds is 3. The molecule has 2 N–H and O–H groups in total. The number of thiophene rings is 1. The lowest BCUT2D eigenvalue weighted by atomic mass is 9.99. The highest BCUT2D eigenvalue weighted by Gasteiger charge is 2.11. The minimum absolute atomic E-state index is 0.0208. The van der Waals surface area contributed by atoms with Crippen molar-refractivity contribution in [2.24, 2.45) is 5.73 Å². The van der Waals surface area contributed by atoms with Gasteiger partial charge in [-0.3, -0.25) is 0 Å². The maximum atomic E-state index is 6.25. The Kier molecular flexibility index (Phi) is 4.02. The SMILES string of the molecule is CC(C)c1ccc(C(N)c2ccc(Br)s2)cc1.